The molecule has 0 atom stereocenters. The van der Waals surface area contributed by atoms with Crippen LogP contribution < -0.4 is 5.32 Å². The number of nitrogens with one attached hydrogen (secondary N) is 1. The molecule has 2 rings (SSSR count). The summed E-state index contributed by atoms with van der Waals surface area (Å²) in [4.78, 5) is 4.14. The van der Waals surface area contributed by atoms with Crippen molar-refractivity contribution in [3.8, 4) is 11.6 Å². The Kier molecular flexibility index (Phi) is 2.71. The lowest BCUT2D eigenvalue weighted by molar-refractivity contribution is 0.427. The quantitative estimate of drug-likeness (QED) is 0.833. The third kappa shape index (κ3) is 2.37. The van der Waals surface area contributed by atoms with E-state index in [1.54, 1.807) is 18.4 Å². The van der Waals surface area contributed by atoms with Crippen LogP contribution in [0.1, 0.15) is 13.8 Å². The molecule has 2 aromatic rings. The Morgan fingerprint density at radius 3 is 3.00 bits per heavy atom. The van der Waals surface area contributed by atoms with Gasteiger partial charge in [-0.15, -0.1) is 0 Å². The first-order chi connectivity index (χ1) is 7.25. The van der Waals surface area contributed by atoms with Crippen molar-refractivity contribution >= 4 is 6.01 Å². The second kappa shape index (κ2) is 4.16. The van der Waals surface area contributed by atoms with Crippen LogP contribution in [-0.2, 0) is 0 Å². The smallest absolute Gasteiger partial charge is 0.321 e. The highest BCUT2D eigenvalue weighted by atomic mass is 16.5. The van der Waals surface area contributed by atoms with Crippen molar-refractivity contribution in [2.24, 2.45) is 5.92 Å². The number of rotatable bonds is 4. The molecular formula is C10H13N3O2. The largest absolute Gasteiger partial charge is 0.461 e. The third-order valence-corrected chi connectivity index (χ3v) is 1.83. The number of aromatic nitrogens is 2. The molecule has 5 heteroatoms. The van der Waals surface area contributed by atoms with Crippen molar-refractivity contribution in [3.63, 3.8) is 0 Å². The molecule has 2 heterocycles. The lowest BCUT2D eigenvalue weighted by atomic mass is 10.2. The molecule has 0 saturated heterocycles. The monoisotopic (exact) mass is 207 g/mol. The SMILES string of the molecule is CC(C)CNc1nc(-c2ccco2)no1. The van der Waals surface area contributed by atoms with E-state index in [4.69, 9.17) is 8.94 Å². The van der Waals surface area contributed by atoms with E-state index < -0.39 is 0 Å². The average molecular weight is 207 g/mol. The summed E-state index contributed by atoms with van der Waals surface area (Å²) >= 11 is 0. The Balaban J connectivity index is 2.04. The van der Waals surface area contributed by atoms with Crippen molar-refractivity contribution in [2.45, 2.75) is 13.8 Å². The van der Waals surface area contributed by atoms with Gasteiger partial charge in [-0.3, -0.25) is 0 Å². The van der Waals surface area contributed by atoms with Crippen LogP contribution in [0, 0.1) is 5.92 Å². The van der Waals surface area contributed by atoms with E-state index in [1.165, 1.54) is 0 Å². The van der Waals surface area contributed by atoms with Gasteiger partial charge in [-0.2, -0.15) is 4.98 Å². The van der Waals surface area contributed by atoms with Crippen LogP contribution >= 0.6 is 0 Å². The Bertz CT molecular complexity index is 406. The van der Waals surface area contributed by atoms with Gasteiger partial charge in [-0.1, -0.05) is 19.0 Å². The van der Waals surface area contributed by atoms with Gasteiger partial charge in [0.1, 0.15) is 0 Å². The van der Waals surface area contributed by atoms with Crippen LogP contribution in [0.2, 0.25) is 0 Å². The van der Waals surface area contributed by atoms with Gasteiger partial charge in [0.25, 0.3) is 0 Å². The molecule has 0 saturated carbocycles. The van der Waals surface area contributed by atoms with E-state index in [0.29, 0.717) is 23.5 Å². The van der Waals surface area contributed by atoms with Crippen molar-refractivity contribution in [2.75, 3.05) is 11.9 Å². The molecule has 80 valence electrons. The molecule has 0 aliphatic rings. The van der Waals surface area contributed by atoms with Crippen LogP contribution in [0.3, 0.4) is 0 Å². The van der Waals surface area contributed by atoms with Gasteiger partial charge >= 0.3 is 6.01 Å². The molecule has 0 radical (unpaired) electrons. The zero-order valence-electron chi connectivity index (χ0n) is 8.73. The summed E-state index contributed by atoms with van der Waals surface area (Å²) in [6.45, 7) is 5.02. The second-order valence-corrected chi connectivity index (χ2v) is 3.68. The Labute approximate surface area is 87.5 Å². The van der Waals surface area contributed by atoms with Crippen LogP contribution in [0.5, 0.6) is 0 Å². The minimum absolute atomic E-state index is 0.426. The van der Waals surface area contributed by atoms with Crippen LogP contribution in [0.4, 0.5) is 6.01 Å². The minimum atomic E-state index is 0.426. The highest BCUT2D eigenvalue weighted by molar-refractivity contribution is 5.46. The average Bonchev–Trinajstić information content (AvgIpc) is 2.85. The van der Waals surface area contributed by atoms with Gasteiger partial charge in [0.2, 0.25) is 5.82 Å². The van der Waals surface area contributed by atoms with E-state index in [-0.39, 0.29) is 0 Å². The molecule has 5 nitrogen and oxygen atoms in total. The highest BCUT2D eigenvalue weighted by Gasteiger charge is 2.10. The number of anilines is 1. The summed E-state index contributed by atoms with van der Waals surface area (Å²) in [6.07, 6.45) is 1.58. The summed E-state index contributed by atoms with van der Waals surface area (Å²) in [5, 5.41) is 6.84. The lowest BCUT2D eigenvalue weighted by Crippen LogP contribution is -2.07. The Morgan fingerprint density at radius 1 is 1.47 bits per heavy atom. The summed E-state index contributed by atoms with van der Waals surface area (Å²) in [5.74, 6) is 1.60. The fourth-order valence-corrected chi connectivity index (χ4v) is 1.09. The van der Waals surface area contributed by atoms with E-state index in [2.05, 4.69) is 29.3 Å². The Morgan fingerprint density at radius 2 is 2.33 bits per heavy atom. The maximum Gasteiger partial charge on any atom is 0.321 e. The van der Waals surface area contributed by atoms with Crippen molar-refractivity contribution in [1.29, 1.82) is 0 Å². The maximum absolute atomic E-state index is 5.15. The molecule has 15 heavy (non-hydrogen) atoms. The summed E-state index contributed by atoms with van der Waals surface area (Å²) in [5.41, 5.74) is 0. The molecule has 0 spiro atoms. The van der Waals surface area contributed by atoms with E-state index >= 15 is 0 Å². The molecular weight excluding hydrogens is 194 g/mol. The molecule has 0 aromatic carbocycles. The van der Waals surface area contributed by atoms with Gasteiger partial charge in [-0.05, 0) is 18.1 Å². The van der Waals surface area contributed by atoms with Gasteiger partial charge < -0.3 is 14.3 Å². The third-order valence-electron chi connectivity index (χ3n) is 1.83. The fourth-order valence-electron chi connectivity index (χ4n) is 1.09. The van der Waals surface area contributed by atoms with Crippen molar-refractivity contribution in [1.82, 2.24) is 10.1 Å². The fraction of sp³-hybridized carbons (Fsp3) is 0.400. The number of nitrogens with zero attached hydrogens (tertiary/aromatic N) is 2. The normalized spacial score (nSPS) is 10.9. The summed E-state index contributed by atoms with van der Waals surface area (Å²) in [7, 11) is 0. The molecule has 0 bridgehead atoms. The molecule has 0 unspecified atom stereocenters. The predicted octanol–water partition coefficient (Wildman–Crippen LogP) is 2.40. The van der Waals surface area contributed by atoms with E-state index in [9.17, 15) is 0 Å². The highest BCUT2D eigenvalue weighted by Crippen LogP contribution is 2.17. The first-order valence-electron chi connectivity index (χ1n) is 4.87. The molecule has 0 aliphatic heterocycles. The number of hydrogen-bond acceptors (Lipinski definition) is 5. The molecule has 0 amide bonds. The minimum Gasteiger partial charge on any atom is -0.461 e. The zero-order valence-corrected chi connectivity index (χ0v) is 8.73. The van der Waals surface area contributed by atoms with Gasteiger partial charge in [0.15, 0.2) is 5.76 Å². The molecule has 2 aromatic heterocycles. The molecule has 1 N–H and O–H groups in total. The number of furan rings is 1. The molecule has 0 fully saturated rings. The van der Waals surface area contributed by atoms with Gasteiger partial charge in [0, 0.05) is 6.54 Å². The lowest BCUT2D eigenvalue weighted by Gasteiger charge is -2.02. The topological polar surface area (TPSA) is 64.1 Å². The first kappa shape index (κ1) is 9.76. The summed E-state index contributed by atoms with van der Waals surface area (Å²) in [6, 6.07) is 4.00. The maximum atomic E-state index is 5.15. The zero-order chi connectivity index (χ0) is 10.7. The van der Waals surface area contributed by atoms with Crippen molar-refractivity contribution in [3.05, 3.63) is 18.4 Å². The van der Waals surface area contributed by atoms with Gasteiger partial charge in [0.05, 0.1) is 6.26 Å². The number of hydrogen-bond donors (Lipinski definition) is 1. The van der Waals surface area contributed by atoms with E-state index in [0.717, 1.165) is 6.54 Å². The van der Waals surface area contributed by atoms with Crippen LogP contribution in [0.15, 0.2) is 27.3 Å². The predicted molar refractivity (Wildman–Crippen MR) is 55.3 cm³/mol. The summed E-state index contributed by atoms with van der Waals surface area (Å²) < 4.78 is 10.2. The van der Waals surface area contributed by atoms with Crippen molar-refractivity contribution < 1.29 is 8.94 Å². The Hall–Kier alpha value is -1.78. The van der Waals surface area contributed by atoms with Crippen LogP contribution in [0.25, 0.3) is 11.6 Å². The van der Waals surface area contributed by atoms with E-state index in [1.807, 2.05) is 0 Å². The standard InChI is InChI=1S/C10H13N3O2/c1-7(2)6-11-10-12-9(13-15-10)8-4-3-5-14-8/h3-5,7H,6H2,1-2H3,(H,11,12,13). The van der Waals surface area contributed by atoms with Gasteiger partial charge in [-0.25, -0.2) is 0 Å². The second-order valence-electron chi connectivity index (χ2n) is 3.68. The molecule has 0 aliphatic carbocycles. The van der Waals surface area contributed by atoms with Crippen LogP contribution in [-0.4, -0.2) is 16.7 Å². The first-order valence-corrected chi connectivity index (χ1v) is 4.87.